The molecule has 0 spiro atoms. The minimum absolute atomic E-state index is 0.314. The summed E-state index contributed by atoms with van der Waals surface area (Å²) in [5, 5.41) is 10.6. The third kappa shape index (κ3) is 2.67. The van der Waals surface area contributed by atoms with E-state index in [-0.39, 0.29) is 0 Å². The first-order valence-electron chi connectivity index (χ1n) is 7.78. The molecule has 2 aromatic rings. The van der Waals surface area contributed by atoms with Crippen LogP contribution in [0.5, 0.6) is 0 Å². The van der Waals surface area contributed by atoms with E-state index in [1.54, 1.807) is 0 Å². The smallest absolute Gasteiger partial charge is 0.0811 e. The number of para-hydroxylation sites is 1. The van der Waals surface area contributed by atoms with Crippen molar-refractivity contribution < 1.29 is 0 Å². The molecule has 0 amide bonds. The van der Waals surface area contributed by atoms with E-state index in [9.17, 15) is 0 Å². The minimum Gasteiger partial charge on any atom is -0.369 e. The van der Waals surface area contributed by atoms with Crippen LogP contribution in [0.4, 0.5) is 5.69 Å². The lowest BCUT2D eigenvalue weighted by Gasteiger charge is -2.29. The van der Waals surface area contributed by atoms with Crippen LogP contribution in [0.1, 0.15) is 22.3 Å². The standard InChI is InChI=1S/C18H21N3/c1-2-4-17-15(3-1)12-20-18(21-17)10-13-5-6-14-7-8-19-11-16(14)9-13/h1-6,9,18-21H,7-8,10-12H2. The Bertz CT molecular complexity index is 651. The maximum atomic E-state index is 3.60. The van der Waals surface area contributed by atoms with Crippen LogP contribution in [0.25, 0.3) is 0 Å². The molecular formula is C18H21N3. The molecule has 0 aromatic heterocycles. The monoisotopic (exact) mass is 279 g/mol. The highest BCUT2D eigenvalue weighted by atomic mass is 15.1. The van der Waals surface area contributed by atoms with Crippen LogP contribution in [0, 0.1) is 0 Å². The second kappa shape index (κ2) is 5.51. The van der Waals surface area contributed by atoms with Crippen molar-refractivity contribution in [2.75, 3.05) is 11.9 Å². The summed E-state index contributed by atoms with van der Waals surface area (Å²) in [7, 11) is 0. The van der Waals surface area contributed by atoms with Gasteiger partial charge in [-0.25, -0.2) is 0 Å². The van der Waals surface area contributed by atoms with Crippen molar-refractivity contribution in [2.24, 2.45) is 0 Å². The topological polar surface area (TPSA) is 36.1 Å². The molecule has 0 saturated heterocycles. The summed E-state index contributed by atoms with van der Waals surface area (Å²) < 4.78 is 0. The molecule has 3 nitrogen and oxygen atoms in total. The summed E-state index contributed by atoms with van der Waals surface area (Å²) in [6, 6.07) is 15.5. The number of fused-ring (bicyclic) bond motifs is 2. The van der Waals surface area contributed by atoms with Crippen molar-refractivity contribution in [1.29, 1.82) is 0 Å². The molecule has 2 aromatic carbocycles. The van der Waals surface area contributed by atoms with Gasteiger partial charge in [0.25, 0.3) is 0 Å². The van der Waals surface area contributed by atoms with Crippen LogP contribution in [0.3, 0.4) is 0 Å². The lowest BCUT2D eigenvalue weighted by Crippen LogP contribution is -2.41. The van der Waals surface area contributed by atoms with E-state index in [2.05, 4.69) is 58.4 Å². The number of hydrogen-bond donors (Lipinski definition) is 3. The molecule has 3 heteroatoms. The summed E-state index contributed by atoms with van der Waals surface area (Å²) in [5.74, 6) is 0. The molecule has 1 atom stereocenters. The van der Waals surface area contributed by atoms with Crippen molar-refractivity contribution >= 4 is 5.69 Å². The Balaban J connectivity index is 1.50. The van der Waals surface area contributed by atoms with E-state index >= 15 is 0 Å². The third-order valence-electron chi connectivity index (χ3n) is 4.48. The molecule has 108 valence electrons. The Morgan fingerprint density at radius 2 is 1.90 bits per heavy atom. The van der Waals surface area contributed by atoms with Crippen molar-refractivity contribution in [2.45, 2.75) is 32.1 Å². The van der Waals surface area contributed by atoms with Gasteiger partial charge in [-0.3, -0.25) is 5.32 Å². The van der Waals surface area contributed by atoms with Gasteiger partial charge in [0, 0.05) is 25.2 Å². The van der Waals surface area contributed by atoms with Crippen molar-refractivity contribution in [1.82, 2.24) is 10.6 Å². The van der Waals surface area contributed by atoms with E-state index in [1.807, 2.05) is 0 Å². The van der Waals surface area contributed by atoms with E-state index in [4.69, 9.17) is 0 Å². The average molecular weight is 279 g/mol. The summed E-state index contributed by atoms with van der Waals surface area (Å²) >= 11 is 0. The maximum Gasteiger partial charge on any atom is 0.0811 e. The molecule has 2 aliphatic heterocycles. The first-order valence-corrected chi connectivity index (χ1v) is 7.78. The van der Waals surface area contributed by atoms with Gasteiger partial charge in [0.2, 0.25) is 0 Å². The van der Waals surface area contributed by atoms with Crippen LogP contribution in [0.2, 0.25) is 0 Å². The number of anilines is 1. The number of hydrogen-bond acceptors (Lipinski definition) is 3. The van der Waals surface area contributed by atoms with Crippen LogP contribution < -0.4 is 16.0 Å². The summed E-state index contributed by atoms with van der Waals surface area (Å²) in [6.07, 6.45) is 2.49. The van der Waals surface area contributed by atoms with Gasteiger partial charge < -0.3 is 10.6 Å². The predicted octanol–water partition coefficient (Wildman–Crippen LogP) is 2.42. The van der Waals surface area contributed by atoms with Crippen molar-refractivity contribution in [3.63, 3.8) is 0 Å². The Labute approximate surface area is 125 Å². The molecule has 21 heavy (non-hydrogen) atoms. The molecule has 4 rings (SSSR count). The van der Waals surface area contributed by atoms with E-state index in [1.165, 1.54) is 27.9 Å². The quantitative estimate of drug-likeness (QED) is 0.790. The first kappa shape index (κ1) is 12.9. The summed E-state index contributed by atoms with van der Waals surface area (Å²) in [4.78, 5) is 0. The lowest BCUT2D eigenvalue weighted by molar-refractivity contribution is 0.538. The van der Waals surface area contributed by atoms with Gasteiger partial charge in [-0.2, -0.15) is 0 Å². The molecular weight excluding hydrogens is 258 g/mol. The number of benzene rings is 2. The van der Waals surface area contributed by atoms with Crippen LogP contribution in [-0.4, -0.2) is 12.7 Å². The Kier molecular flexibility index (Phi) is 3.37. The van der Waals surface area contributed by atoms with Gasteiger partial charge in [-0.05, 0) is 41.3 Å². The number of nitrogens with one attached hydrogen (secondary N) is 3. The van der Waals surface area contributed by atoms with Crippen LogP contribution in [0.15, 0.2) is 42.5 Å². The SMILES string of the molecule is c1ccc2c(c1)CNC(Cc1ccc3c(c1)CNCC3)N2. The fourth-order valence-corrected chi connectivity index (χ4v) is 3.31. The summed E-state index contributed by atoms with van der Waals surface area (Å²) in [6.45, 7) is 3.06. The Morgan fingerprint density at radius 3 is 2.90 bits per heavy atom. The van der Waals surface area contributed by atoms with E-state index < -0.39 is 0 Å². The fraction of sp³-hybridized carbons (Fsp3) is 0.333. The zero-order chi connectivity index (χ0) is 14.1. The van der Waals surface area contributed by atoms with Gasteiger partial charge in [0.05, 0.1) is 6.17 Å². The highest BCUT2D eigenvalue weighted by Crippen LogP contribution is 2.22. The molecule has 0 aliphatic carbocycles. The molecule has 0 saturated carbocycles. The van der Waals surface area contributed by atoms with Crippen LogP contribution >= 0.6 is 0 Å². The van der Waals surface area contributed by atoms with E-state index in [0.29, 0.717) is 6.17 Å². The lowest BCUT2D eigenvalue weighted by atomic mass is 9.96. The van der Waals surface area contributed by atoms with E-state index in [0.717, 1.165) is 32.5 Å². The molecule has 1 unspecified atom stereocenters. The molecule has 2 aliphatic rings. The molecule has 0 fully saturated rings. The minimum atomic E-state index is 0.314. The molecule has 0 bridgehead atoms. The highest BCUT2D eigenvalue weighted by Gasteiger charge is 2.17. The normalized spacial score (nSPS) is 20.3. The zero-order valence-corrected chi connectivity index (χ0v) is 12.2. The number of rotatable bonds is 2. The largest absolute Gasteiger partial charge is 0.369 e. The average Bonchev–Trinajstić information content (AvgIpc) is 2.55. The fourth-order valence-electron chi connectivity index (χ4n) is 3.31. The Morgan fingerprint density at radius 1 is 0.952 bits per heavy atom. The maximum absolute atomic E-state index is 3.60. The Hall–Kier alpha value is -1.84. The second-order valence-corrected chi connectivity index (χ2v) is 5.97. The molecule has 0 radical (unpaired) electrons. The highest BCUT2D eigenvalue weighted by molar-refractivity contribution is 5.53. The van der Waals surface area contributed by atoms with Crippen LogP contribution in [-0.2, 0) is 25.9 Å². The molecule has 3 N–H and O–H groups in total. The van der Waals surface area contributed by atoms with Crippen molar-refractivity contribution in [3.05, 3.63) is 64.7 Å². The zero-order valence-electron chi connectivity index (χ0n) is 12.2. The van der Waals surface area contributed by atoms with Gasteiger partial charge in [-0.1, -0.05) is 36.4 Å². The first-order chi connectivity index (χ1) is 10.4. The van der Waals surface area contributed by atoms with Gasteiger partial charge >= 0.3 is 0 Å². The molecule has 2 heterocycles. The van der Waals surface area contributed by atoms with Gasteiger partial charge in [0.15, 0.2) is 0 Å². The third-order valence-corrected chi connectivity index (χ3v) is 4.48. The van der Waals surface area contributed by atoms with Crippen molar-refractivity contribution in [3.8, 4) is 0 Å². The van der Waals surface area contributed by atoms with Gasteiger partial charge in [-0.15, -0.1) is 0 Å². The predicted molar refractivity (Wildman–Crippen MR) is 86.2 cm³/mol. The van der Waals surface area contributed by atoms with Gasteiger partial charge in [0.1, 0.15) is 0 Å². The second-order valence-electron chi connectivity index (χ2n) is 5.97. The summed E-state index contributed by atoms with van der Waals surface area (Å²) in [5.41, 5.74) is 6.99.